The van der Waals surface area contributed by atoms with Gasteiger partial charge in [-0.1, -0.05) is 12.1 Å². The molecule has 0 aromatic heterocycles. The van der Waals surface area contributed by atoms with Gasteiger partial charge in [-0.05, 0) is 35.2 Å². The molecule has 2 aromatic rings. The average molecular weight is 334 g/mol. The van der Waals surface area contributed by atoms with Crippen LogP contribution in [-0.2, 0) is 13.0 Å². The minimum atomic E-state index is -0.994. The highest BCUT2D eigenvalue weighted by Crippen LogP contribution is 2.25. The average Bonchev–Trinajstić information content (AvgIpc) is 2.56. The monoisotopic (exact) mass is 334 g/mol. The minimum Gasteiger partial charge on any atom is -0.387 e. The van der Waals surface area contributed by atoms with Crippen molar-refractivity contribution in [2.45, 2.75) is 19.1 Å². The van der Waals surface area contributed by atoms with Gasteiger partial charge in [-0.25, -0.2) is 8.78 Å². The molecule has 0 amide bonds. The van der Waals surface area contributed by atoms with E-state index in [1.165, 1.54) is 12.1 Å². The first-order valence-corrected chi connectivity index (χ1v) is 7.55. The number of halogens is 2. The van der Waals surface area contributed by atoms with E-state index >= 15 is 0 Å². The molecule has 1 aliphatic rings. The molecule has 24 heavy (non-hydrogen) atoms. The maximum atomic E-state index is 13.3. The summed E-state index contributed by atoms with van der Waals surface area (Å²) in [5.74, 6) is -1.95. The van der Waals surface area contributed by atoms with Crippen LogP contribution in [0.5, 0.6) is 0 Å². The summed E-state index contributed by atoms with van der Waals surface area (Å²) in [5, 5.41) is 21.1. The molecule has 0 spiro atoms. The van der Waals surface area contributed by atoms with Gasteiger partial charge in [0.15, 0.2) is 11.6 Å². The van der Waals surface area contributed by atoms with Crippen LogP contribution in [0.1, 0.15) is 22.8 Å². The molecule has 0 aliphatic carbocycles. The van der Waals surface area contributed by atoms with Crippen LogP contribution in [-0.4, -0.2) is 28.0 Å². The first-order valence-electron chi connectivity index (χ1n) is 7.55. The van der Waals surface area contributed by atoms with E-state index in [1.54, 1.807) is 12.1 Å². The van der Waals surface area contributed by atoms with Crippen LogP contribution in [0.4, 0.5) is 14.5 Å². The van der Waals surface area contributed by atoms with Gasteiger partial charge in [-0.15, -0.1) is 0 Å². The lowest BCUT2D eigenvalue weighted by atomic mass is 9.98. The molecule has 2 aromatic carbocycles. The van der Waals surface area contributed by atoms with E-state index in [1.807, 2.05) is 4.90 Å². The molecular formula is C17H16F2N2O3. The molecule has 1 atom stereocenters. The van der Waals surface area contributed by atoms with E-state index in [0.29, 0.717) is 18.7 Å². The molecule has 1 heterocycles. The number of non-ortho nitro benzene ring substituents is 1. The first kappa shape index (κ1) is 16.5. The van der Waals surface area contributed by atoms with Crippen LogP contribution in [0.15, 0.2) is 36.4 Å². The Bertz CT molecular complexity index is 782. The van der Waals surface area contributed by atoms with Gasteiger partial charge in [0.2, 0.25) is 0 Å². The SMILES string of the molecule is O=[N+]([O-])c1ccc2c(c1)CN(CC(O)c1ccc(F)c(F)c1)CC2. The first-order chi connectivity index (χ1) is 11.4. The van der Waals surface area contributed by atoms with Crippen LogP contribution in [0, 0.1) is 21.7 Å². The number of nitro benzene ring substituents is 1. The Kier molecular flexibility index (Phi) is 4.55. The van der Waals surface area contributed by atoms with Gasteiger partial charge in [0.25, 0.3) is 5.69 Å². The molecule has 7 heteroatoms. The summed E-state index contributed by atoms with van der Waals surface area (Å²) in [4.78, 5) is 12.4. The molecule has 0 saturated heterocycles. The number of aliphatic hydroxyl groups excluding tert-OH is 1. The fraction of sp³-hybridized carbons (Fsp3) is 0.294. The van der Waals surface area contributed by atoms with E-state index in [2.05, 4.69) is 0 Å². The van der Waals surface area contributed by atoms with Crippen molar-refractivity contribution in [3.05, 3.63) is 74.8 Å². The van der Waals surface area contributed by atoms with Crippen LogP contribution >= 0.6 is 0 Å². The second-order valence-electron chi connectivity index (χ2n) is 5.88. The zero-order valence-corrected chi connectivity index (χ0v) is 12.8. The number of hydrogen-bond donors (Lipinski definition) is 1. The Morgan fingerprint density at radius 1 is 1.17 bits per heavy atom. The smallest absolute Gasteiger partial charge is 0.269 e. The number of aliphatic hydroxyl groups is 1. The van der Waals surface area contributed by atoms with Crippen LogP contribution < -0.4 is 0 Å². The number of nitro groups is 1. The van der Waals surface area contributed by atoms with Crippen molar-refractivity contribution in [1.82, 2.24) is 4.90 Å². The molecule has 5 nitrogen and oxygen atoms in total. The van der Waals surface area contributed by atoms with Crippen LogP contribution in [0.3, 0.4) is 0 Å². The molecule has 1 unspecified atom stereocenters. The number of benzene rings is 2. The fourth-order valence-electron chi connectivity index (χ4n) is 2.94. The summed E-state index contributed by atoms with van der Waals surface area (Å²) in [5.41, 5.74) is 2.25. The molecule has 3 rings (SSSR count). The van der Waals surface area contributed by atoms with Crippen molar-refractivity contribution >= 4 is 5.69 Å². The topological polar surface area (TPSA) is 66.6 Å². The second kappa shape index (κ2) is 6.62. The summed E-state index contributed by atoms with van der Waals surface area (Å²) in [6, 6.07) is 8.13. The highest BCUT2D eigenvalue weighted by molar-refractivity contribution is 5.41. The Morgan fingerprint density at radius 3 is 2.67 bits per heavy atom. The minimum absolute atomic E-state index is 0.0387. The maximum Gasteiger partial charge on any atom is 0.269 e. The Balaban J connectivity index is 1.72. The van der Waals surface area contributed by atoms with E-state index in [9.17, 15) is 24.0 Å². The number of β-amino-alcohol motifs (C(OH)–C–C–N with tert-alkyl or cyclic N) is 1. The van der Waals surface area contributed by atoms with Gasteiger partial charge >= 0.3 is 0 Å². The summed E-state index contributed by atoms with van der Waals surface area (Å²) < 4.78 is 26.2. The van der Waals surface area contributed by atoms with Crippen molar-refractivity contribution in [2.24, 2.45) is 0 Å². The number of fused-ring (bicyclic) bond motifs is 1. The van der Waals surface area contributed by atoms with E-state index in [-0.39, 0.29) is 12.2 Å². The van der Waals surface area contributed by atoms with Crippen LogP contribution in [0.25, 0.3) is 0 Å². The van der Waals surface area contributed by atoms with Gasteiger partial charge in [0.05, 0.1) is 11.0 Å². The van der Waals surface area contributed by atoms with Gasteiger partial charge in [-0.2, -0.15) is 0 Å². The number of hydrogen-bond acceptors (Lipinski definition) is 4. The summed E-state index contributed by atoms with van der Waals surface area (Å²) >= 11 is 0. The number of nitrogens with zero attached hydrogens (tertiary/aromatic N) is 2. The van der Waals surface area contributed by atoms with E-state index < -0.39 is 22.7 Å². The largest absolute Gasteiger partial charge is 0.387 e. The zero-order chi connectivity index (χ0) is 17.3. The third kappa shape index (κ3) is 3.42. The molecule has 1 aliphatic heterocycles. The van der Waals surface area contributed by atoms with Crippen molar-refractivity contribution in [3.8, 4) is 0 Å². The quantitative estimate of drug-likeness (QED) is 0.689. The zero-order valence-electron chi connectivity index (χ0n) is 12.8. The fourth-order valence-corrected chi connectivity index (χ4v) is 2.94. The molecular weight excluding hydrogens is 318 g/mol. The molecule has 0 radical (unpaired) electrons. The van der Waals surface area contributed by atoms with Gasteiger partial charge in [-0.3, -0.25) is 15.0 Å². The Hall–Kier alpha value is -2.38. The van der Waals surface area contributed by atoms with E-state index in [4.69, 9.17) is 0 Å². The third-order valence-electron chi connectivity index (χ3n) is 4.25. The van der Waals surface area contributed by atoms with Crippen molar-refractivity contribution in [3.63, 3.8) is 0 Å². The molecule has 0 bridgehead atoms. The summed E-state index contributed by atoms with van der Waals surface area (Å²) in [6.07, 6.45) is -0.238. The summed E-state index contributed by atoms with van der Waals surface area (Å²) in [6.45, 7) is 1.40. The van der Waals surface area contributed by atoms with Gasteiger partial charge < -0.3 is 5.11 Å². The second-order valence-corrected chi connectivity index (χ2v) is 5.88. The van der Waals surface area contributed by atoms with Gasteiger partial charge in [0.1, 0.15) is 0 Å². The van der Waals surface area contributed by atoms with Crippen molar-refractivity contribution in [1.29, 1.82) is 0 Å². The molecule has 0 saturated carbocycles. The van der Waals surface area contributed by atoms with Gasteiger partial charge in [0, 0.05) is 31.8 Å². The predicted octanol–water partition coefficient (Wildman–Crippen LogP) is 2.96. The van der Waals surface area contributed by atoms with Crippen LogP contribution in [0.2, 0.25) is 0 Å². The highest BCUT2D eigenvalue weighted by atomic mass is 19.2. The molecule has 0 fully saturated rings. The predicted molar refractivity (Wildman–Crippen MR) is 83.4 cm³/mol. The van der Waals surface area contributed by atoms with E-state index in [0.717, 1.165) is 29.7 Å². The van der Waals surface area contributed by atoms with Crippen molar-refractivity contribution < 1.29 is 18.8 Å². The van der Waals surface area contributed by atoms with Crippen molar-refractivity contribution in [2.75, 3.05) is 13.1 Å². The lowest BCUT2D eigenvalue weighted by Gasteiger charge is -2.30. The lowest BCUT2D eigenvalue weighted by Crippen LogP contribution is -2.34. The Morgan fingerprint density at radius 2 is 1.96 bits per heavy atom. The highest BCUT2D eigenvalue weighted by Gasteiger charge is 2.22. The number of rotatable bonds is 4. The Labute approximate surface area is 137 Å². The third-order valence-corrected chi connectivity index (χ3v) is 4.25. The molecule has 1 N–H and O–H groups in total. The standard InChI is InChI=1S/C17H16F2N2O3/c18-15-4-2-12(8-16(15)19)17(22)10-20-6-5-11-1-3-14(21(23)24)7-13(11)9-20/h1-4,7-8,17,22H,5-6,9-10H2. The normalized spacial score (nSPS) is 15.8. The molecule has 126 valence electrons. The lowest BCUT2D eigenvalue weighted by molar-refractivity contribution is -0.385. The summed E-state index contributed by atoms with van der Waals surface area (Å²) in [7, 11) is 0. The maximum absolute atomic E-state index is 13.3.